The maximum absolute atomic E-state index is 6.49. The highest BCUT2D eigenvalue weighted by molar-refractivity contribution is 6.33. The molecule has 1 aromatic carbocycles. The normalized spacial score (nSPS) is 22.9. The summed E-state index contributed by atoms with van der Waals surface area (Å²) in [6.45, 7) is 4.93. The second-order valence-electron chi connectivity index (χ2n) is 7.08. The summed E-state index contributed by atoms with van der Waals surface area (Å²) < 4.78 is 7.80. The van der Waals surface area contributed by atoms with Gasteiger partial charge in [0.25, 0.3) is 0 Å². The number of aromatic nitrogens is 2. The average molecular weight is 361 g/mol. The van der Waals surface area contributed by atoms with Gasteiger partial charge in [-0.3, -0.25) is 9.58 Å². The van der Waals surface area contributed by atoms with Crippen molar-refractivity contribution in [3.8, 4) is 5.75 Å². The molecular weight excluding hydrogens is 336 g/mol. The molecule has 2 unspecified atom stereocenters. The summed E-state index contributed by atoms with van der Waals surface area (Å²) in [4.78, 5) is 4.77. The van der Waals surface area contributed by atoms with Gasteiger partial charge in [-0.15, -0.1) is 0 Å². The fourth-order valence-electron chi connectivity index (χ4n) is 3.52. The van der Waals surface area contributed by atoms with Gasteiger partial charge in [-0.25, -0.2) is 0 Å². The SMILES string of the molecule is Cn1cc(CN2CC2COc2ccc(N3CCCCC3)c(Cl)c2)cn1. The molecule has 25 heavy (non-hydrogen) atoms. The second-order valence-corrected chi connectivity index (χ2v) is 7.48. The molecule has 2 atom stereocenters. The van der Waals surface area contributed by atoms with E-state index in [0.29, 0.717) is 12.6 Å². The number of anilines is 1. The summed E-state index contributed by atoms with van der Waals surface area (Å²) in [6, 6.07) is 6.59. The molecule has 5 nitrogen and oxygen atoms in total. The third kappa shape index (κ3) is 4.10. The van der Waals surface area contributed by atoms with E-state index in [4.69, 9.17) is 16.3 Å². The number of benzene rings is 1. The second kappa shape index (κ2) is 7.26. The van der Waals surface area contributed by atoms with E-state index >= 15 is 0 Å². The van der Waals surface area contributed by atoms with E-state index in [1.54, 1.807) is 0 Å². The maximum atomic E-state index is 6.49. The van der Waals surface area contributed by atoms with Crippen molar-refractivity contribution in [1.82, 2.24) is 14.7 Å². The van der Waals surface area contributed by atoms with Gasteiger partial charge in [0.2, 0.25) is 0 Å². The lowest BCUT2D eigenvalue weighted by Gasteiger charge is -2.29. The minimum atomic E-state index is 0.487. The lowest BCUT2D eigenvalue weighted by Crippen LogP contribution is -2.29. The summed E-state index contributed by atoms with van der Waals surface area (Å²) in [5, 5.41) is 5.01. The quantitative estimate of drug-likeness (QED) is 0.740. The van der Waals surface area contributed by atoms with Gasteiger partial charge in [0.15, 0.2) is 0 Å². The van der Waals surface area contributed by atoms with Gasteiger partial charge < -0.3 is 9.64 Å². The predicted octanol–water partition coefficient (Wildman–Crippen LogP) is 3.33. The van der Waals surface area contributed by atoms with E-state index in [0.717, 1.165) is 42.6 Å². The molecule has 0 spiro atoms. The van der Waals surface area contributed by atoms with Crippen LogP contribution in [0.15, 0.2) is 30.6 Å². The maximum Gasteiger partial charge on any atom is 0.121 e. The van der Waals surface area contributed by atoms with Crippen LogP contribution in [0.3, 0.4) is 0 Å². The van der Waals surface area contributed by atoms with Crippen molar-refractivity contribution in [1.29, 1.82) is 0 Å². The molecule has 0 radical (unpaired) electrons. The van der Waals surface area contributed by atoms with Gasteiger partial charge in [-0.05, 0) is 31.4 Å². The third-order valence-electron chi connectivity index (χ3n) is 5.03. The van der Waals surface area contributed by atoms with E-state index < -0.39 is 0 Å². The van der Waals surface area contributed by atoms with Crippen molar-refractivity contribution in [2.45, 2.75) is 31.8 Å². The summed E-state index contributed by atoms with van der Waals surface area (Å²) in [5.41, 5.74) is 2.39. The van der Waals surface area contributed by atoms with E-state index in [2.05, 4.69) is 27.2 Å². The fraction of sp³-hybridized carbons (Fsp3) is 0.526. The first-order valence-corrected chi connectivity index (χ1v) is 9.46. The van der Waals surface area contributed by atoms with Crippen LogP contribution < -0.4 is 9.64 Å². The number of hydrogen-bond donors (Lipinski definition) is 0. The van der Waals surface area contributed by atoms with Gasteiger partial charge in [-0.2, -0.15) is 5.10 Å². The Labute approximate surface area is 154 Å². The fourth-order valence-corrected chi connectivity index (χ4v) is 3.81. The predicted molar refractivity (Wildman–Crippen MR) is 100 cm³/mol. The van der Waals surface area contributed by atoms with E-state index in [9.17, 15) is 0 Å². The van der Waals surface area contributed by atoms with Crippen LogP contribution in [0, 0.1) is 0 Å². The van der Waals surface area contributed by atoms with Crippen LogP contribution in [0.2, 0.25) is 5.02 Å². The molecule has 0 aliphatic carbocycles. The summed E-state index contributed by atoms with van der Waals surface area (Å²) >= 11 is 6.49. The monoisotopic (exact) mass is 360 g/mol. The third-order valence-corrected chi connectivity index (χ3v) is 5.33. The van der Waals surface area contributed by atoms with E-state index in [-0.39, 0.29) is 0 Å². The number of hydrogen-bond acceptors (Lipinski definition) is 4. The van der Waals surface area contributed by atoms with E-state index in [1.807, 2.05) is 30.1 Å². The Morgan fingerprint density at radius 1 is 1.24 bits per heavy atom. The van der Waals surface area contributed by atoms with Crippen molar-refractivity contribution in [3.63, 3.8) is 0 Å². The molecule has 2 aromatic rings. The molecule has 2 fully saturated rings. The van der Waals surface area contributed by atoms with Crippen molar-refractivity contribution < 1.29 is 4.74 Å². The standard InChI is InChI=1S/C19H25ClN4O/c1-22-11-15(10-21-22)12-24-13-16(24)14-25-17-5-6-19(18(20)9-17)23-7-3-2-4-8-23/h5-6,9-11,16H,2-4,7-8,12-14H2,1H3. The molecule has 0 bridgehead atoms. The van der Waals surface area contributed by atoms with Crippen LogP contribution in [0.4, 0.5) is 5.69 Å². The molecule has 2 aliphatic rings. The molecule has 2 aliphatic heterocycles. The molecule has 0 N–H and O–H groups in total. The van der Waals surface area contributed by atoms with Crippen molar-refractivity contribution in [3.05, 3.63) is 41.2 Å². The number of ether oxygens (including phenoxy) is 1. The highest BCUT2D eigenvalue weighted by atomic mass is 35.5. The largest absolute Gasteiger partial charge is 0.492 e. The number of halogens is 1. The molecule has 3 heterocycles. The van der Waals surface area contributed by atoms with Gasteiger partial charge in [0.05, 0.1) is 22.9 Å². The van der Waals surface area contributed by atoms with Crippen LogP contribution in [0.5, 0.6) is 5.75 Å². The first-order valence-electron chi connectivity index (χ1n) is 9.08. The van der Waals surface area contributed by atoms with Gasteiger partial charge in [-0.1, -0.05) is 11.6 Å². The lowest BCUT2D eigenvalue weighted by molar-refractivity contribution is 0.293. The van der Waals surface area contributed by atoms with Crippen molar-refractivity contribution >= 4 is 17.3 Å². The van der Waals surface area contributed by atoms with Crippen LogP contribution in [0.25, 0.3) is 0 Å². The van der Waals surface area contributed by atoms with Gasteiger partial charge in [0, 0.05) is 51.1 Å². The van der Waals surface area contributed by atoms with E-state index in [1.165, 1.54) is 24.8 Å². The zero-order valence-electron chi connectivity index (χ0n) is 14.7. The molecule has 2 saturated heterocycles. The molecule has 134 valence electrons. The van der Waals surface area contributed by atoms with Crippen LogP contribution in [-0.2, 0) is 13.6 Å². The molecule has 1 aromatic heterocycles. The highest BCUT2D eigenvalue weighted by Crippen LogP contribution is 2.32. The Hall–Kier alpha value is -1.72. The lowest BCUT2D eigenvalue weighted by atomic mass is 10.1. The topological polar surface area (TPSA) is 33.3 Å². The minimum Gasteiger partial charge on any atom is -0.492 e. The molecular formula is C19H25ClN4O. The number of nitrogens with zero attached hydrogens (tertiary/aromatic N) is 4. The van der Waals surface area contributed by atoms with Gasteiger partial charge in [0.1, 0.15) is 12.4 Å². The Balaban J connectivity index is 1.28. The minimum absolute atomic E-state index is 0.487. The van der Waals surface area contributed by atoms with Crippen LogP contribution in [0.1, 0.15) is 24.8 Å². The first kappa shape index (κ1) is 16.7. The first-order chi connectivity index (χ1) is 12.2. The number of piperidine rings is 1. The Morgan fingerprint density at radius 2 is 2.08 bits per heavy atom. The number of aryl methyl sites for hydroxylation is 1. The average Bonchev–Trinajstić information content (AvgIpc) is 3.23. The summed E-state index contributed by atoms with van der Waals surface area (Å²) in [6.07, 6.45) is 7.82. The molecule has 0 amide bonds. The summed E-state index contributed by atoms with van der Waals surface area (Å²) in [7, 11) is 1.95. The van der Waals surface area contributed by atoms with Crippen molar-refractivity contribution in [2.24, 2.45) is 7.05 Å². The highest BCUT2D eigenvalue weighted by Gasteiger charge is 2.34. The Morgan fingerprint density at radius 3 is 2.80 bits per heavy atom. The number of rotatable bonds is 6. The zero-order chi connectivity index (χ0) is 17.2. The molecule has 0 saturated carbocycles. The van der Waals surface area contributed by atoms with Crippen molar-refractivity contribution in [2.75, 3.05) is 31.1 Å². The Kier molecular flexibility index (Phi) is 4.86. The van der Waals surface area contributed by atoms with Gasteiger partial charge >= 0.3 is 0 Å². The summed E-state index contributed by atoms with van der Waals surface area (Å²) in [5.74, 6) is 0.860. The van der Waals surface area contributed by atoms with Crippen LogP contribution in [-0.4, -0.2) is 47.0 Å². The smallest absolute Gasteiger partial charge is 0.121 e. The zero-order valence-corrected chi connectivity index (χ0v) is 15.5. The molecule has 4 rings (SSSR count). The molecule has 6 heteroatoms. The Bertz CT molecular complexity index is 726. The van der Waals surface area contributed by atoms with Crippen LogP contribution >= 0.6 is 11.6 Å².